The van der Waals surface area contributed by atoms with Crippen molar-refractivity contribution in [3.8, 4) is 0 Å². The monoisotopic (exact) mass is 365 g/mol. The van der Waals surface area contributed by atoms with Gasteiger partial charge in [-0.05, 0) is 43.1 Å². The minimum atomic E-state index is -0.306. The highest BCUT2D eigenvalue weighted by Gasteiger charge is 2.30. The maximum absolute atomic E-state index is 12.5. The molecule has 0 aliphatic heterocycles. The number of esters is 1. The number of fused-ring (bicyclic) bond motifs is 1. The molecule has 0 saturated carbocycles. The fraction of sp³-hybridized carbons (Fsp3) is 0.700. The molecule has 0 bridgehead atoms. The lowest BCUT2D eigenvalue weighted by atomic mass is 9.84. The van der Waals surface area contributed by atoms with E-state index in [1.807, 2.05) is 27.7 Å². The number of anilines is 1. The first-order valence-electron chi connectivity index (χ1n) is 9.36. The number of thiophene rings is 1. The van der Waals surface area contributed by atoms with Crippen LogP contribution >= 0.6 is 11.3 Å². The van der Waals surface area contributed by atoms with E-state index in [1.165, 1.54) is 17.7 Å². The summed E-state index contributed by atoms with van der Waals surface area (Å²) in [7, 11) is 0. The Hall–Kier alpha value is -1.36. The van der Waals surface area contributed by atoms with Gasteiger partial charge in [0.2, 0.25) is 5.91 Å². The molecular formula is C20H31NO3S. The number of hydrogen-bond acceptors (Lipinski definition) is 4. The molecule has 1 aromatic rings. The molecule has 1 aliphatic carbocycles. The lowest BCUT2D eigenvalue weighted by molar-refractivity contribution is -0.117. The van der Waals surface area contributed by atoms with Crippen LogP contribution in [0.25, 0.3) is 0 Å². The largest absolute Gasteiger partial charge is 0.462 e. The Balaban J connectivity index is 2.28. The van der Waals surface area contributed by atoms with Gasteiger partial charge in [0, 0.05) is 11.3 Å². The third kappa shape index (κ3) is 5.30. The van der Waals surface area contributed by atoms with E-state index in [1.54, 1.807) is 11.3 Å². The molecule has 140 valence electrons. The Morgan fingerprint density at radius 2 is 2.00 bits per heavy atom. The average Bonchev–Trinajstić information content (AvgIpc) is 2.82. The molecule has 0 aromatic carbocycles. The summed E-state index contributed by atoms with van der Waals surface area (Å²) in [6, 6.07) is 0. The van der Waals surface area contributed by atoms with Crippen LogP contribution in [-0.4, -0.2) is 18.5 Å². The van der Waals surface area contributed by atoms with Crippen LogP contribution in [-0.2, 0) is 22.4 Å². The SMILES string of the molecule is CCC[C@@H]1CCc2c(sc(NC(=O)CC(C)(C)C)c2C(=O)OCC)C1. The summed E-state index contributed by atoms with van der Waals surface area (Å²) in [5.74, 6) is 0.339. The predicted octanol–water partition coefficient (Wildman–Crippen LogP) is 5.20. The summed E-state index contributed by atoms with van der Waals surface area (Å²) in [4.78, 5) is 26.1. The van der Waals surface area contributed by atoms with Crippen molar-refractivity contribution in [1.29, 1.82) is 0 Å². The van der Waals surface area contributed by atoms with Crippen LogP contribution in [0.15, 0.2) is 0 Å². The molecule has 0 saturated heterocycles. The molecule has 0 radical (unpaired) electrons. The summed E-state index contributed by atoms with van der Waals surface area (Å²) >= 11 is 1.57. The third-order valence-electron chi connectivity index (χ3n) is 4.49. The molecule has 0 spiro atoms. The first-order valence-corrected chi connectivity index (χ1v) is 10.2. The van der Waals surface area contributed by atoms with Crippen molar-refractivity contribution in [2.45, 2.75) is 73.1 Å². The quantitative estimate of drug-likeness (QED) is 0.705. The molecule has 1 heterocycles. The topological polar surface area (TPSA) is 55.4 Å². The van der Waals surface area contributed by atoms with Gasteiger partial charge in [0.15, 0.2) is 0 Å². The maximum Gasteiger partial charge on any atom is 0.341 e. The Labute approximate surface area is 155 Å². The lowest BCUT2D eigenvalue weighted by Gasteiger charge is -2.22. The second-order valence-electron chi connectivity index (χ2n) is 8.11. The molecule has 1 atom stereocenters. The number of hydrogen-bond donors (Lipinski definition) is 1. The van der Waals surface area contributed by atoms with Crippen LogP contribution in [0.1, 0.15) is 81.1 Å². The van der Waals surface area contributed by atoms with Crippen molar-refractivity contribution in [2.75, 3.05) is 11.9 Å². The van der Waals surface area contributed by atoms with Crippen molar-refractivity contribution in [1.82, 2.24) is 0 Å². The van der Waals surface area contributed by atoms with E-state index in [9.17, 15) is 9.59 Å². The lowest BCUT2D eigenvalue weighted by Crippen LogP contribution is -2.21. The second-order valence-corrected chi connectivity index (χ2v) is 9.22. The highest BCUT2D eigenvalue weighted by molar-refractivity contribution is 7.17. The highest BCUT2D eigenvalue weighted by Crippen LogP contribution is 2.41. The molecular weight excluding hydrogens is 334 g/mol. The van der Waals surface area contributed by atoms with E-state index in [2.05, 4.69) is 12.2 Å². The van der Waals surface area contributed by atoms with Gasteiger partial charge in [-0.25, -0.2) is 4.79 Å². The van der Waals surface area contributed by atoms with Crippen LogP contribution in [0.4, 0.5) is 5.00 Å². The van der Waals surface area contributed by atoms with Crippen molar-refractivity contribution in [2.24, 2.45) is 11.3 Å². The predicted molar refractivity (Wildman–Crippen MR) is 103 cm³/mol. The third-order valence-corrected chi connectivity index (χ3v) is 5.66. The normalized spacial score (nSPS) is 17.1. The smallest absolute Gasteiger partial charge is 0.341 e. The minimum absolute atomic E-state index is 0.0400. The molecule has 25 heavy (non-hydrogen) atoms. The Morgan fingerprint density at radius 3 is 2.60 bits per heavy atom. The number of amides is 1. The number of carbonyl (C=O) groups is 2. The molecule has 1 aliphatic rings. The molecule has 5 heteroatoms. The van der Waals surface area contributed by atoms with Crippen LogP contribution < -0.4 is 5.32 Å². The van der Waals surface area contributed by atoms with E-state index in [0.717, 1.165) is 24.8 Å². The minimum Gasteiger partial charge on any atom is -0.462 e. The van der Waals surface area contributed by atoms with E-state index in [-0.39, 0.29) is 17.3 Å². The van der Waals surface area contributed by atoms with Crippen molar-refractivity contribution in [3.63, 3.8) is 0 Å². The van der Waals surface area contributed by atoms with Gasteiger partial charge in [0.25, 0.3) is 0 Å². The van der Waals surface area contributed by atoms with E-state index < -0.39 is 0 Å². The van der Waals surface area contributed by atoms with Crippen LogP contribution in [0.3, 0.4) is 0 Å². The average molecular weight is 366 g/mol. The van der Waals surface area contributed by atoms with E-state index in [4.69, 9.17) is 4.74 Å². The van der Waals surface area contributed by atoms with Crippen LogP contribution in [0.2, 0.25) is 0 Å². The van der Waals surface area contributed by atoms with Gasteiger partial charge in [0.1, 0.15) is 5.00 Å². The molecule has 1 aromatic heterocycles. The highest BCUT2D eigenvalue weighted by atomic mass is 32.1. The Kier molecular flexibility index (Phi) is 6.66. The van der Waals surface area contributed by atoms with Gasteiger partial charge >= 0.3 is 5.97 Å². The first-order chi connectivity index (χ1) is 11.7. The number of rotatable bonds is 6. The van der Waals surface area contributed by atoms with Crippen molar-refractivity contribution in [3.05, 3.63) is 16.0 Å². The van der Waals surface area contributed by atoms with E-state index in [0.29, 0.717) is 29.5 Å². The summed E-state index contributed by atoms with van der Waals surface area (Å²) in [6.07, 6.45) is 5.86. The second kappa shape index (κ2) is 8.35. The van der Waals surface area contributed by atoms with Gasteiger partial charge in [-0.15, -0.1) is 11.3 Å². The van der Waals surface area contributed by atoms with Gasteiger partial charge in [-0.3, -0.25) is 4.79 Å². The zero-order valence-corrected chi connectivity index (χ0v) is 17.0. The fourth-order valence-electron chi connectivity index (χ4n) is 3.47. The van der Waals surface area contributed by atoms with Crippen molar-refractivity contribution < 1.29 is 14.3 Å². The molecule has 1 amide bonds. The molecule has 2 rings (SSSR count). The molecule has 0 unspecified atom stereocenters. The van der Waals surface area contributed by atoms with Gasteiger partial charge in [-0.2, -0.15) is 0 Å². The van der Waals surface area contributed by atoms with Gasteiger partial charge < -0.3 is 10.1 Å². The maximum atomic E-state index is 12.5. The fourth-order valence-corrected chi connectivity index (χ4v) is 4.83. The van der Waals surface area contributed by atoms with Gasteiger partial charge in [-0.1, -0.05) is 40.5 Å². The Morgan fingerprint density at radius 1 is 1.28 bits per heavy atom. The molecule has 1 N–H and O–H groups in total. The molecule has 0 fully saturated rings. The number of carbonyl (C=O) groups excluding carboxylic acids is 2. The summed E-state index contributed by atoms with van der Waals surface area (Å²) < 4.78 is 5.27. The number of ether oxygens (including phenoxy) is 1. The van der Waals surface area contributed by atoms with Gasteiger partial charge in [0.05, 0.1) is 12.2 Å². The first kappa shape index (κ1) is 20.0. The summed E-state index contributed by atoms with van der Waals surface area (Å²) in [5, 5.41) is 3.66. The standard InChI is InChI=1S/C20H31NO3S/c1-6-8-13-9-10-14-15(11-13)25-18(17(14)19(23)24-7-2)21-16(22)12-20(3,4)5/h13H,6-12H2,1-5H3,(H,21,22)/t13-/m1/s1. The zero-order chi connectivity index (χ0) is 18.6. The van der Waals surface area contributed by atoms with Crippen LogP contribution in [0, 0.1) is 11.3 Å². The summed E-state index contributed by atoms with van der Waals surface area (Å²) in [6.45, 7) is 10.5. The van der Waals surface area contributed by atoms with Crippen LogP contribution in [0.5, 0.6) is 0 Å². The van der Waals surface area contributed by atoms with E-state index >= 15 is 0 Å². The molecule has 4 nitrogen and oxygen atoms in total. The van der Waals surface area contributed by atoms with Crippen molar-refractivity contribution >= 4 is 28.2 Å². The summed E-state index contributed by atoms with van der Waals surface area (Å²) in [5.41, 5.74) is 1.61. The zero-order valence-electron chi connectivity index (χ0n) is 16.2. The Bertz CT molecular complexity index is 628. The number of nitrogens with one attached hydrogen (secondary N) is 1.